The number of carbonyl (C=O) groups excluding carboxylic acids is 3. The first kappa shape index (κ1) is 34.2. The van der Waals surface area contributed by atoms with Crippen LogP contribution in [0.25, 0.3) is 0 Å². The molecule has 2 saturated heterocycles. The summed E-state index contributed by atoms with van der Waals surface area (Å²) in [7, 11) is -4.54. The average molecular weight is 656 g/mol. The summed E-state index contributed by atoms with van der Waals surface area (Å²) in [6.07, 6.45) is -7.27. The Kier molecular flexibility index (Phi) is 10.4. The third kappa shape index (κ3) is 8.95. The van der Waals surface area contributed by atoms with Crippen molar-refractivity contribution >= 4 is 28.2 Å². The Morgan fingerprint density at radius 2 is 1.64 bits per heavy atom. The highest BCUT2D eigenvalue weighted by molar-refractivity contribution is 7.86. The first-order valence-electron chi connectivity index (χ1n) is 14.4. The molecule has 0 radical (unpaired) electrons. The molecule has 0 aliphatic carbocycles. The molecule has 2 fully saturated rings. The summed E-state index contributed by atoms with van der Waals surface area (Å²) >= 11 is 0. The van der Waals surface area contributed by atoms with Crippen molar-refractivity contribution in [1.82, 2.24) is 15.1 Å². The molecule has 246 valence electrons. The number of alkyl halides is 3. The van der Waals surface area contributed by atoms with Crippen molar-refractivity contribution in [3.05, 3.63) is 65.7 Å². The van der Waals surface area contributed by atoms with Crippen LogP contribution in [0, 0.1) is 0 Å². The number of carbonyl (C=O) groups is 3. The van der Waals surface area contributed by atoms with E-state index >= 15 is 0 Å². The second-order valence-corrected chi connectivity index (χ2v) is 13.4. The molecule has 2 heterocycles. The summed E-state index contributed by atoms with van der Waals surface area (Å²) in [5.74, 6) is -0.711. The number of hydrogen-bond acceptors (Lipinski definition) is 9. The number of hydrogen-bond donors (Lipinski definition) is 1. The molecular formula is C30H36F3N3O8S. The Hall–Kier alpha value is -3.69. The topological polar surface area (TPSA) is 132 Å². The lowest BCUT2D eigenvalue weighted by Gasteiger charge is -2.40. The van der Waals surface area contributed by atoms with Gasteiger partial charge in [0.15, 0.2) is 0 Å². The summed E-state index contributed by atoms with van der Waals surface area (Å²) in [5.41, 5.74) is -1.29. The smallest absolute Gasteiger partial charge is 0.417 e. The molecule has 3 amide bonds. The van der Waals surface area contributed by atoms with Crippen LogP contribution in [0.2, 0.25) is 0 Å². The van der Waals surface area contributed by atoms with Gasteiger partial charge in [0.25, 0.3) is 16.0 Å². The fraction of sp³-hybridized carbons (Fsp3) is 0.500. The molecule has 3 atom stereocenters. The molecule has 45 heavy (non-hydrogen) atoms. The van der Waals surface area contributed by atoms with Gasteiger partial charge in [0.1, 0.15) is 18.2 Å². The number of rotatable bonds is 7. The van der Waals surface area contributed by atoms with E-state index in [4.69, 9.17) is 13.7 Å². The second-order valence-electron chi connectivity index (χ2n) is 11.8. The van der Waals surface area contributed by atoms with E-state index in [1.807, 2.05) is 6.07 Å². The minimum absolute atomic E-state index is 0.0224. The van der Waals surface area contributed by atoms with Crippen molar-refractivity contribution in [3.63, 3.8) is 0 Å². The van der Waals surface area contributed by atoms with E-state index in [0.29, 0.717) is 37.2 Å². The number of amides is 3. The number of piperidine rings is 1. The van der Waals surface area contributed by atoms with E-state index in [-0.39, 0.29) is 19.4 Å². The summed E-state index contributed by atoms with van der Waals surface area (Å²) < 4.78 is 81.1. The van der Waals surface area contributed by atoms with E-state index in [9.17, 15) is 36.0 Å². The SMILES string of the molecule is CC(C)(C)OC(=O)N1C[C@@H](OS(=O)(=O)c2ccc(C(F)(F)F)cc2)CC[C@H]1C(=O)N(C(=O)OCc1ccccc1)[C@H]1CCNC1. The molecule has 2 aliphatic rings. The van der Waals surface area contributed by atoms with Gasteiger partial charge in [0.2, 0.25) is 0 Å². The maximum atomic E-state index is 14.0. The predicted molar refractivity (Wildman–Crippen MR) is 154 cm³/mol. The summed E-state index contributed by atoms with van der Waals surface area (Å²) in [6, 6.07) is 9.97. The molecule has 11 nitrogen and oxygen atoms in total. The molecular weight excluding hydrogens is 619 g/mol. The quantitative estimate of drug-likeness (QED) is 0.422. The highest BCUT2D eigenvalue weighted by Crippen LogP contribution is 2.31. The number of nitrogens with zero attached hydrogens (tertiary/aromatic N) is 2. The van der Waals surface area contributed by atoms with Gasteiger partial charge >= 0.3 is 18.4 Å². The highest BCUT2D eigenvalue weighted by atomic mass is 32.2. The van der Waals surface area contributed by atoms with E-state index in [1.165, 1.54) is 0 Å². The van der Waals surface area contributed by atoms with Crippen molar-refractivity contribution in [2.24, 2.45) is 0 Å². The first-order chi connectivity index (χ1) is 21.0. The molecule has 4 rings (SSSR count). The van der Waals surface area contributed by atoms with Gasteiger partial charge in [-0.15, -0.1) is 0 Å². The van der Waals surface area contributed by atoms with Crippen LogP contribution in [0.3, 0.4) is 0 Å². The van der Waals surface area contributed by atoms with E-state index in [1.54, 1.807) is 45.0 Å². The van der Waals surface area contributed by atoms with Crippen molar-refractivity contribution < 1.29 is 49.6 Å². The van der Waals surface area contributed by atoms with Crippen LogP contribution < -0.4 is 5.32 Å². The minimum atomic E-state index is -4.65. The molecule has 1 N–H and O–H groups in total. The molecule has 0 spiro atoms. The summed E-state index contributed by atoms with van der Waals surface area (Å²) in [4.78, 5) is 42.3. The van der Waals surface area contributed by atoms with Gasteiger partial charge in [0.05, 0.1) is 29.1 Å². The van der Waals surface area contributed by atoms with Crippen LogP contribution in [0.5, 0.6) is 0 Å². The summed E-state index contributed by atoms with van der Waals surface area (Å²) in [6.45, 7) is 5.24. The largest absolute Gasteiger partial charge is 0.444 e. The predicted octanol–water partition coefficient (Wildman–Crippen LogP) is 4.71. The Morgan fingerprint density at radius 1 is 0.978 bits per heavy atom. The van der Waals surface area contributed by atoms with Crippen molar-refractivity contribution in [1.29, 1.82) is 0 Å². The Balaban J connectivity index is 1.55. The lowest BCUT2D eigenvalue weighted by molar-refractivity contribution is -0.139. The van der Waals surface area contributed by atoms with Crippen molar-refractivity contribution in [2.45, 2.75) is 81.5 Å². The zero-order valence-corrected chi connectivity index (χ0v) is 25.9. The van der Waals surface area contributed by atoms with Gasteiger partial charge in [-0.05, 0) is 76.4 Å². The number of ether oxygens (including phenoxy) is 2. The van der Waals surface area contributed by atoms with Crippen LogP contribution in [0.15, 0.2) is 59.5 Å². The van der Waals surface area contributed by atoms with Crippen LogP contribution in [0.4, 0.5) is 22.8 Å². The standard InChI is InChI=1S/C30H36F3N3O8S/c1-29(2,3)43-27(38)35-18-23(44-45(40,41)24-12-9-21(10-13-24)30(31,32)33)11-14-25(35)26(37)36(22-15-16-34-17-22)28(39)42-19-20-7-5-4-6-8-20/h4-10,12-13,22-23,25,34H,11,14-19H2,1-3H3/t22-,23-,25-/m0/s1. The molecule has 0 bridgehead atoms. The van der Waals surface area contributed by atoms with Crippen molar-refractivity contribution in [2.75, 3.05) is 19.6 Å². The van der Waals surface area contributed by atoms with Gasteiger partial charge in [-0.2, -0.15) is 21.6 Å². The molecule has 2 aliphatic heterocycles. The number of likely N-dealkylation sites (tertiary alicyclic amines) is 1. The average Bonchev–Trinajstić information content (AvgIpc) is 3.49. The highest BCUT2D eigenvalue weighted by Gasteiger charge is 2.45. The third-order valence-electron chi connectivity index (χ3n) is 7.22. The molecule has 0 unspecified atom stereocenters. The Morgan fingerprint density at radius 3 is 2.22 bits per heavy atom. The number of nitrogens with one attached hydrogen (secondary N) is 1. The summed E-state index contributed by atoms with van der Waals surface area (Å²) in [5, 5.41) is 3.11. The number of benzene rings is 2. The van der Waals surface area contributed by atoms with E-state index < -0.39 is 75.2 Å². The third-order valence-corrected chi connectivity index (χ3v) is 8.60. The van der Waals surface area contributed by atoms with Gasteiger partial charge in [-0.3, -0.25) is 13.9 Å². The van der Waals surface area contributed by atoms with E-state index in [0.717, 1.165) is 21.9 Å². The zero-order chi connectivity index (χ0) is 33.0. The monoisotopic (exact) mass is 655 g/mol. The number of halogens is 3. The Bertz CT molecular complexity index is 1460. The van der Waals surface area contributed by atoms with Gasteiger partial charge in [0, 0.05) is 6.54 Å². The van der Waals surface area contributed by atoms with E-state index in [2.05, 4.69) is 5.32 Å². The molecule has 0 saturated carbocycles. The maximum absolute atomic E-state index is 14.0. The van der Waals surface area contributed by atoms with Crippen LogP contribution in [-0.2, 0) is 41.4 Å². The van der Waals surface area contributed by atoms with Gasteiger partial charge < -0.3 is 14.8 Å². The fourth-order valence-corrected chi connectivity index (χ4v) is 6.16. The lowest BCUT2D eigenvalue weighted by atomic mass is 9.98. The second kappa shape index (κ2) is 13.7. The molecule has 2 aromatic carbocycles. The molecule has 0 aromatic heterocycles. The molecule has 2 aromatic rings. The Labute approximate surface area is 259 Å². The first-order valence-corrected chi connectivity index (χ1v) is 15.8. The van der Waals surface area contributed by atoms with Gasteiger partial charge in [-0.25, -0.2) is 14.5 Å². The minimum Gasteiger partial charge on any atom is -0.444 e. The fourth-order valence-electron chi connectivity index (χ4n) is 5.07. The van der Waals surface area contributed by atoms with Crippen LogP contribution in [-0.4, -0.2) is 79.7 Å². The van der Waals surface area contributed by atoms with Crippen LogP contribution >= 0.6 is 0 Å². The van der Waals surface area contributed by atoms with Crippen LogP contribution in [0.1, 0.15) is 51.2 Å². The van der Waals surface area contributed by atoms with Crippen molar-refractivity contribution in [3.8, 4) is 0 Å². The lowest BCUT2D eigenvalue weighted by Crippen LogP contribution is -2.60. The molecule has 15 heteroatoms. The zero-order valence-electron chi connectivity index (χ0n) is 25.1. The normalized spacial score (nSPS) is 20.8. The van der Waals surface area contributed by atoms with Gasteiger partial charge in [-0.1, -0.05) is 30.3 Å². The maximum Gasteiger partial charge on any atom is 0.417 e. The number of imide groups is 1.